The van der Waals surface area contributed by atoms with Gasteiger partial charge in [0, 0.05) is 21.3 Å². The van der Waals surface area contributed by atoms with Crippen molar-refractivity contribution in [3.8, 4) is 0 Å². The lowest BCUT2D eigenvalue weighted by atomic mass is 9.58. The summed E-state index contributed by atoms with van der Waals surface area (Å²) in [5.41, 5.74) is 0.0475. The molecule has 2 saturated carbocycles. The number of ether oxygens (including phenoxy) is 3. The van der Waals surface area contributed by atoms with Gasteiger partial charge in [-0.15, -0.1) is 0 Å². The Bertz CT molecular complexity index is 250. The van der Waals surface area contributed by atoms with Crippen LogP contribution in [0.2, 0.25) is 0 Å². The Morgan fingerprint density at radius 2 is 1.71 bits per heavy atom. The first-order valence-corrected chi connectivity index (χ1v) is 6.77. The molecule has 0 aliphatic heterocycles. The standard InChI is InChI=1S/C14H26O3/c1-11-8-12-6-5-7-13(9-11,10-12)14(15-2,16-3)17-4/h11-12H,5-10H2,1-4H3. The van der Waals surface area contributed by atoms with Gasteiger partial charge in [0.15, 0.2) is 0 Å². The molecular weight excluding hydrogens is 216 g/mol. The maximum absolute atomic E-state index is 5.66. The van der Waals surface area contributed by atoms with Gasteiger partial charge in [0.2, 0.25) is 0 Å². The van der Waals surface area contributed by atoms with E-state index in [-0.39, 0.29) is 5.41 Å². The Labute approximate surface area is 105 Å². The number of rotatable bonds is 4. The molecule has 3 atom stereocenters. The monoisotopic (exact) mass is 242 g/mol. The van der Waals surface area contributed by atoms with Gasteiger partial charge in [-0.2, -0.15) is 0 Å². The Hall–Kier alpha value is -0.120. The molecule has 17 heavy (non-hydrogen) atoms. The zero-order valence-electron chi connectivity index (χ0n) is 11.6. The summed E-state index contributed by atoms with van der Waals surface area (Å²) in [7, 11) is 5.10. The first kappa shape index (κ1) is 13.3. The quantitative estimate of drug-likeness (QED) is 0.709. The molecule has 3 heteroatoms. The molecule has 0 saturated heterocycles. The van der Waals surface area contributed by atoms with Crippen molar-refractivity contribution in [2.45, 2.75) is 51.4 Å². The van der Waals surface area contributed by atoms with Crippen molar-refractivity contribution in [2.24, 2.45) is 17.3 Å². The average Bonchev–Trinajstić information content (AvgIpc) is 2.31. The van der Waals surface area contributed by atoms with Gasteiger partial charge in [0.05, 0.1) is 5.41 Å². The molecule has 2 aliphatic carbocycles. The third-order valence-corrected chi connectivity index (χ3v) is 4.88. The SMILES string of the molecule is COC(OC)(OC)C12CCCC(CC(C)C1)C2. The number of hydrogen-bond donors (Lipinski definition) is 0. The predicted octanol–water partition coefficient (Wildman–Crippen LogP) is 3.19. The van der Waals surface area contributed by atoms with Gasteiger partial charge in [-0.1, -0.05) is 19.8 Å². The van der Waals surface area contributed by atoms with Crippen molar-refractivity contribution in [1.82, 2.24) is 0 Å². The maximum Gasteiger partial charge on any atom is 0.288 e. The second-order valence-corrected chi connectivity index (χ2v) is 5.96. The third kappa shape index (κ3) is 2.02. The first-order valence-electron chi connectivity index (χ1n) is 6.77. The van der Waals surface area contributed by atoms with Crippen molar-refractivity contribution < 1.29 is 14.2 Å². The van der Waals surface area contributed by atoms with Gasteiger partial charge in [0.1, 0.15) is 0 Å². The van der Waals surface area contributed by atoms with E-state index in [4.69, 9.17) is 14.2 Å². The second-order valence-electron chi connectivity index (χ2n) is 5.96. The summed E-state index contributed by atoms with van der Waals surface area (Å²) in [6.45, 7) is 2.35. The van der Waals surface area contributed by atoms with Crippen LogP contribution in [0.5, 0.6) is 0 Å². The van der Waals surface area contributed by atoms with E-state index < -0.39 is 5.97 Å². The zero-order chi connectivity index (χ0) is 12.5. The van der Waals surface area contributed by atoms with Crippen LogP contribution in [0.25, 0.3) is 0 Å². The molecule has 100 valence electrons. The molecule has 0 spiro atoms. The molecule has 0 heterocycles. The summed E-state index contributed by atoms with van der Waals surface area (Å²) < 4.78 is 17.0. The van der Waals surface area contributed by atoms with Crippen LogP contribution in [0.1, 0.15) is 45.4 Å². The van der Waals surface area contributed by atoms with Crippen LogP contribution in [-0.4, -0.2) is 27.3 Å². The molecule has 0 aromatic rings. The first-order chi connectivity index (χ1) is 8.11. The summed E-state index contributed by atoms with van der Waals surface area (Å²) in [6, 6.07) is 0. The fraction of sp³-hybridized carbons (Fsp3) is 1.00. The average molecular weight is 242 g/mol. The Morgan fingerprint density at radius 3 is 2.29 bits per heavy atom. The van der Waals surface area contributed by atoms with Crippen LogP contribution >= 0.6 is 0 Å². The fourth-order valence-corrected chi connectivity index (χ4v) is 4.49. The van der Waals surface area contributed by atoms with E-state index in [1.54, 1.807) is 21.3 Å². The smallest absolute Gasteiger partial charge is 0.288 e. The highest BCUT2D eigenvalue weighted by Gasteiger charge is 2.57. The van der Waals surface area contributed by atoms with Crippen molar-refractivity contribution in [3.05, 3.63) is 0 Å². The second kappa shape index (κ2) is 4.87. The molecule has 0 radical (unpaired) electrons. The van der Waals surface area contributed by atoms with Gasteiger partial charge in [-0.3, -0.25) is 0 Å². The highest BCUT2D eigenvalue weighted by atomic mass is 16.9. The van der Waals surface area contributed by atoms with E-state index in [1.165, 1.54) is 25.7 Å². The van der Waals surface area contributed by atoms with Crippen molar-refractivity contribution in [2.75, 3.05) is 21.3 Å². The number of fused-ring (bicyclic) bond motifs is 2. The Kier molecular flexibility index (Phi) is 3.81. The molecule has 2 rings (SSSR count). The van der Waals surface area contributed by atoms with E-state index in [2.05, 4.69) is 6.92 Å². The van der Waals surface area contributed by atoms with Gasteiger partial charge >= 0.3 is 0 Å². The van der Waals surface area contributed by atoms with Crippen LogP contribution in [0.4, 0.5) is 0 Å². The molecule has 3 nitrogen and oxygen atoms in total. The molecule has 3 unspecified atom stereocenters. The summed E-state index contributed by atoms with van der Waals surface area (Å²) in [5, 5.41) is 0. The molecular formula is C14H26O3. The lowest BCUT2D eigenvalue weighted by Gasteiger charge is -2.54. The molecule has 2 fully saturated rings. The highest BCUT2D eigenvalue weighted by molar-refractivity contribution is 4.98. The molecule has 0 amide bonds. The van der Waals surface area contributed by atoms with Crippen molar-refractivity contribution in [3.63, 3.8) is 0 Å². The molecule has 2 bridgehead atoms. The minimum absolute atomic E-state index is 0.0475. The Morgan fingerprint density at radius 1 is 1.06 bits per heavy atom. The third-order valence-electron chi connectivity index (χ3n) is 4.88. The molecule has 0 aromatic heterocycles. The zero-order valence-corrected chi connectivity index (χ0v) is 11.6. The van der Waals surface area contributed by atoms with E-state index >= 15 is 0 Å². The molecule has 0 N–H and O–H groups in total. The summed E-state index contributed by atoms with van der Waals surface area (Å²) in [6.07, 6.45) is 7.48. The van der Waals surface area contributed by atoms with Crippen LogP contribution in [-0.2, 0) is 14.2 Å². The van der Waals surface area contributed by atoms with Gasteiger partial charge < -0.3 is 14.2 Å². The van der Waals surface area contributed by atoms with Crippen LogP contribution in [0.3, 0.4) is 0 Å². The van der Waals surface area contributed by atoms with Crippen LogP contribution < -0.4 is 0 Å². The summed E-state index contributed by atoms with van der Waals surface area (Å²) in [5.74, 6) is 0.724. The highest BCUT2D eigenvalue weighted by Crippen LogP contribution is 2.57. The molecule has 0 aromatic carbocycles. The maximum atomic E-state index is 5.66. The van der Waals surface area contributed by atoms with Gasteiger partial charge in [-0.25, -0.2) is 0 Å². The minimum Gasteiger partial charge on any atom is -0.330 e. The van der Waals surface area contributed by atoms with E-state index in [1.807, 2.05) is 0 Å². The summed E-state index contributed by atoms with van der Waals surface area (Å²) in [4.78, 5) is 0. The van der Waals surface area contributed by atoms with Crippen LogP contribution in [0, 0.1) is 17.3 Å². The van der Waals surface area contributed by atoms with Crippen LogP contribution in [0.15, 0.2) is 0 Å². The van der Waals surface area contributed by atoms with Gasteiger partial charge in [0.25, 0.3) is 5.97 Å². The van der Waals surface area contributed by atoms with Crippen molar-refractivity contribution >= 4 is 0 Å². The van der Waals surface area contributed by atoms with E-state index in [0.29, 0.717) is 0 Å². The fourth-order valence-electron chi connectivity index (χ4n) is 4.49. The van der Waals surface area contributed by atoms with E-state index in [0.717, 1.165) is 24.7 Å². The molecule has 2 aliphatic rings. The van der Waals surface area contributed by atoms with Gasteiger partial charge in [-0.05, 0) is 37.5 Å². The van der Waals surface area contributed by atoms with Crippen molar-refractivity contribution in [1.29, 1.82) is 0 Å². The topological polar surface area (TPSA) is 27.7 Å². The number of methoxy groups -OCH3 is 3. The normalized spacial score (nSPS) is 38.1. The lowest BCUT2D eigenvalue weighted by Crippen LogP contribution is -2.57. The lowest BCUT2D eigenvalue weighted by molar-refractivity contribution is -0.419. The number of hydrogen-bond acceptors (Lipinski definition) is 3. The largest absolute Gasteiger partial charge is 0.330 e. The summed E-state index contributed by atoms with van der Waals surface area (Å²) >= 11 is 0. The van der Waals surface area contributed by atoms with E-state index in [9.17, 15) is 0 Å². The Balaban J connectivity index is 2.31. The predicted molar refractivity (Wildman–Crippen MR) is 66.5 cm³/mol. The minimum atomic E-state index is -0.847.